The highest BCUT2D eigenvalue weighted by Crippen LogP contribution is 2.39. The number of ether oxygens (including phenoxy) is 2. The van der Waals surface area contributed by atoms with Crippen LogP contribution >= 0.6 is 11.6 Å². The van der Waals surface area contributed by atoms with E-state index in [0.717, 1.165) is 18.4 Å². The standard InChI is InChI=1S/C29H27ClF3N3O3/c1-38-20-13-14-26(39-2)21(16-20)25-8-5-15-36(25)28(37)19-11-9-18(10-12-19)24(17-27(34)29(31,32)33)35-23-7-4-3-6-22(23)30/h3-4,6-7,9-14,16,25,34H,5,8,15,17H2,1-2H3. The maximum Gasteiger partial charge on any atom is 0.429 e. The van der Waals surface area contributed by atoms with Crippen LogP contribution in [0.3, 0.4) is 0 Å². The number of nitrogens with zero attached hydrogens (tertiary/aromatic N) is 2. The van der Waals surface area contributed by atoms with Crippen molar-refractivity contribution < 1.29 is 27.4 Å². The average molecular weight is 558 g/mol. The Labute approximate surface area is 229 Å². The van der Waals surface area contributed by atoms with Crippen LogP contribution in [0.4, 0.5) is 18.9 Å². The van der Waals surface area contributed by atoms with E-state index in [4.69, 9.17) is 26.5 Å². The topological polar surface area (TPSA) is 75.0 Å². The minimum Gasteiger partial charge on any atom is -0.497 e. The van der Waals surface area contributed by atoms with Gasteiger partial charge in [-0.1, -0.05) is 35.9 Å². The van der Waals surface area contributed by atoms with E-state index >= 15 is 0 Å². The van der Waals surface area contributed by atoms with Gasteiger partial charge in [0.25, 0.3) is 5.91 Å². The second-order valence-corrected chi connectivity index (χ2v) is 9.41. The van der Waals surface area contributed by atoms with Crippen molar-refractivity contribution in [2.24, 2.45) is 4.99 Å². The van der Waals surface area contributed by atoms with Crippen molar-refractivity contribution in [3.63, 3.8) is 0 Å². The molecule has 1 fully saturated rings. The number of methoxy groups -OCH3 is 2. The largest absolute Gasteiger partial charge is 0.497 e. The molecule has 1 aliphatic heterocycles. The lowest BCUT2D eigenvalue weighted by molar-refractivity contribution is -0.0605. The van der Waals surface area contributed by atoms with Crippen molar-refractivity contribution in [2.45, 2.75) is 31.5 Å². The van der Waals surface area contributed by atoms with Crippen LogP contribution in [0.2, 0.25) is 5.02 Å². The van der Waals surface area contributed by atoms with E-state index in [9.17, 15) is 18.0 Å². The summed E-state index contributed by atoms with van der Waals surface area (Å²) < 4.78 is 50.5. The highest BCUT2D eigenvalue weighted by atomic mass is 35.5. The number of hydrogen-bond donors (Lipinski definition) is 1. The minimum atomic E-state index is -4.79. The first-order valence-corrected chi connectivity index (χ1v) is 12.6. The summed E-state index contributed by atoms with van der Waals surface area (Å²) in [6, 6.07) is 18.0. The number of halogens is 4. The maximum atomic E-state index is 13.5. The predicted molar refractivity (Wildman–Crippen MR) is 145 cm³/mol. The Morgan fingerprint density at radius 3 is 2.38 bits per heavy atom. The monoisotopic (exact) mass is 557 g/mol. The first-order chi connectivity index (χ1) is 18.6. The molecule has 0 bridgehead atoms. The minimum absolute atomic E-state index is 0.0181. The number of para-hydroxylation sites is 1. The lowest BCUT2D eigenvalue weighted by atomic mass is 10.0. The number of likely N-dealkylation sites (tertiary alicyclic amines) is 1. The summed E-state index contributed by atoms with van der Waals surface area (Å²) in [6.45, 7) is 0.549. The molecule has 1 heterocycles. The predicted octanol–water partition coefficient (Wildman–Crippen LogP) is 7.43. The number of amides is 1. The number of nitrogens with one attached hydrogen (secondary N) is 1. The van der Waals surface area contributed by atoms with Crippen LogP contribution in [0.15, 0.2) is 71.7 Å². The highest BCUT2D eigenvalue weighted by molar-refractivity contribution is 6.33. The van der Waals surface area contributed by atoms with Crippen LogP contribution in [-0.4, -0.2) is 49.2 Å². The van der Waals surface area contributed by atoms with Crippen LogP contribution in [0.5, 0.6) is 11.5 Å². The lowest BCUT2D eigenvalue weighted by Crippen LogP contribution is -2.30. The molecule has 6 nitrogen and oxygen atoms in total. The molecule has 0 saturated carbocycles. The molecule has 1 aliphatic rings. The third-order valence-corrected chi connectivity index (χ3v) is 6.89. The fraction of sp³-hybridized carbons (Fsp3) is 0.276. The zero-order valence-electron chi connectivity index (χ0n) is 21.4. The Balaban J connectivity index is 1.63. The smallest absolute Gasteiger partial charge is 0.429 e. The SMILES string of the molecule is COc1ccc(OC)c(C2CCCN2C(=O)c2ccc(C(CC(=N)C(F)(F)F)=Nc3ccccc3Cl)cc2)c1. The second-order valence-electron chi connectivity index (χ2n) is 9.00. The van der Waals surface area contributed by atoms with Gasteiger partial charge in [0.15, 0.2) is 0 Å². The van der Waals surface area contributed by atoms with Gasteiger partial charge >= 0.3 is 6.18 Å². The van der Waals surface area contributed by atoms with Crippen LogP contribution in [0.25, 0.3) is 0 Å². The molecule has 3 aromatic rings. The lowest BCUT2D eigenvalue weighted by Gasteiger charge is -2.27. The molecule has 39 heavy (non-hydrogen) atoms. The molecule has 1 N–H and O–H groups in total. The van der Waals surface area contributed by atoms with Crippen molar-refractivity contribution in [2.75, 3.05) is 20.8 Å². The van der Waals surface area contributed by atoms with E-state index in [1.165, 1.54) is 0 Å². The van der Waals surface area contributed by atoms with Crippen molar-refractivity contribution in [1.29, 1.82) is 5.41 Å². The van der Waals surface area contributed by atoms with Gasteiger partial charge in [-0.3, -0.25) is 9.79 Å². The molecule has 0 radical (unpaired) electrons. The molecule has 0 aliphatic carbocycles. The summed E-state index contributed by atoms with van der Waals surface area (Å²) in [6.07, 6.45) is -3.97. The number of rotatable bonds is 8. The molecule has 4 rings (SSSR count). The average Bonchev–Trinajstić information content (AvgIpc) is 3.42. The third-order valence-electron chi connectivity index (χ3n) is 6.57. The van der Waals surface area contributed by atoms with Crippen molar-refractivity contribution in [1.82, 2.24) is 4.90 Å². The van der Waals surface area contributed by atoms with Crippen molar-refractivity contribution in [3.8, 4) is 11.5 Å². The zero-order chi connectivity index (χ0) is 28.2. The molecule has 0 aromatic heterocycles. The van der Waals surface area contributed by atoms with E-state index in [1.807, 2.05) is 12.1 Å². The Bertz CT molecular complexity index is 1390. The summed E-state index contributed by atoms with van der Waals surface area (Å²) in [5, 5.41) is 7.78. The molecule has 204 valence electrons. The van der Waals surface area contributed by atoms with Gasteiger partial charge in [-0.05, 0) is 60.9 Å². The van der Waals surface area contributed by atoms with Crippen LogP contribution in [0.1, 0.15) is 46.8 Å². The molecule has 1 unspecified atom stereocenters. The summed E-state index contributed by atoms with van der Waals surface area (Å²) in [7, 11) is 3.15. The Morgan fingerprint density at radius 2 is 1.74 bits per heavy atom. The number of carbonyl (C=O) groups is 1. The summed E-state index contributed by atoms with van der Waals surface area (Å²) >= 11 is 6.18. The number of carbonyl (C=O) groups excluding carboxylic acids is 1. The molecule has 1 saturated heterocycles. The van der Waals surface area contributed by atoms with E-state index in [0.29, 0.717) is 29.2 Å². The first kappa shape index (κ1) is 28.2. The Hall–Kier alpha value is -3.85. The van der Waals surface area contributed by atoms with Gasteiger partial charge in [0.05, 0.1) is 36.7 Å². The van der Waals surface area contributed by atoms with Gasteiger partial charge < -0.3 is 19.8 Å². The zero-order valence-corrected chi connectivity index (χ0v) is 22.1. The van der Waals surface area contributed by atoms with Crippen molar-refractivity contribution >= 4 is 34.6 Å². The van der Waals surface area contributed by atoms with E-state index in [1.54, 1.807) is 73.7 Å². The molecule has 1 atom stereocenters. The molecular formula is C29H27ClF3N3O3. The highest BCUT2D eigenvalue weighted by Gasteiger charge is 2.35. The summed E-state index contributed by atoms with van der Waals surface area (Å²) in [5.41, 5.74) is 0.462. The number of alkyl halides is 3. The van der Waals surface area contributed by atoms with Crippen LogP contribution in [-0.2, 0) is 0 Å². The molecular weight excluding hydrogens is 531 g/mol. The first-order valence-electron chi connectivity index (χ1n) is 12.2. The molecule has 10 heteroatoms. The summed E-state index contributed by atoms with van der Waals surface area (Å²) in [5.74, 6) is 1.11. The fourth-order valence-corrected chi connectivity index (χ4v) is 4.74. The van der Waals surface area contributed by atoms with E-state index in [-0.39, 0.29) is 28.4 Å². The molecule has 1 amide bonds. The quantitative estimate of drug-likeness (QED) is 0.293. The van der Waals surface area contributed by atoms with E-state index < -0.39 is 18.3 Å². The van der Waals surface area contributed by atoms with E-state index in [2.05, 4.69) is 4.99 Å². The van der Waals surface area contributed by atoms with Gasteiger partial charge in [0.2, 0.25) is 0 Å². The Kier molecular flexibility index (Phi) is 8.60. The summed E-state index contributed by atoms with van der Waals surface area (Å²) in [4.78, 5) is 19.6. The van der Waals surface area contributed by atoms with Gasteiger partial charge in [-0.25, -0.2) is 0 Å². The normalized spacial score (nSPS) is 15.8. The van der Waals surface area contributed by atoms with Crippen LogP contribution in [0, 0.1) is 5.41 Å². The molecule has 0 spiro atoms. The van der Waals surface area contributed by atoms with Gasteiger partial charge in [0, 0.05) is 24.1 Å². The maximum absolute atomic E-state index is 13.5. The number of benzene rings is 3. The number of hydrogen-bond acceptors (Lipinski definition) is 5. The number of aliphatic imine (C=N–C) groups is 1. The second kappa shape index (κ2) is 11.9. The Morgan fingerprint density at radius 1 is 1.05 bits per heavy atom. The van der Waals surface area contributed by atoms with Gasteiger partial charge in [0.1, 0.15) is 17.2 Å². The third kappa shape index (κ3) is 6.42. The van der Waals surface area contributed by atoms with Gasteiger partial charge in [-0.15, -0.1) is 0 Å². The molecule has 3 aromatic carbocycles. The van der Waals surface area contributed by atoms with Crippen LogP contribution < -0.4 is 9.47 Å². The fourth-order valence-electron chi connectivity index (χ4n) is 4.57. The van der Waals surface area contributed by atoms with Crippen molar-refractivity contribution in [3.05, 3.63) is 88.4 Å². The van der Waals surface area contributed by atoms with Gasteiger partial charge in [-0.2, -0.15) is 13.2 Å².